The molecule has 1 atom stereocenters. The molecular weight excluding hydrogens is 257 g/mol. The van der Waals surface area contributed by atoms with Gasteiger partial charge in [0.2, 0.25) is 0 Å². The molecule has 5 heteroatoms. The third-order valence-electron chi connectivity index (χ3n) is 2.77. The smallest absolute Gasteiger partial charge is 0.159 e. The van der Waals surface area contributed by atoms with E-state index in [2.05, 4.69) is 0 Å². The van der Waals surface area contributed by atoms with E-state index in [4.69, 9.17) is 4.74 Å². The first kappa shape index (κ1) is 13.4. The molecule has 0 saturated carbocycles. The molecule has 1 N–H and O–H groups in total. The van der Waals surface area contributed by atoms with Gasteiger partial charge in [-0.05, 0) is 29.8 Å². The van der Waals surface area contributed by atoms with Crippen LogP contribution in [0.15, 0.2) is 36.4 Å². The first-order chi connectivity index (χ1) is 9.04. The standard InChI is InChI=1S/C14H11F3O2/c1-19-12-4-2-3-10(16)13(12)14(18)8-5-6-9(15)11(17)7-8/h2-7,14,18H,1H3. The Morgan fingerprint density at radius 2 is 1.74 bits per heavy atom. The monoisotopic (exact) mass is 268 g/mol. The van der Waals surface area contributed by atoms with Gasteiger partial charge in [-0.2, -0.15) is 0 Å². The quantitative estimate of drug-likeness (QED) is 0.926. The average Bonchev–Trinajstić information content (AvgIpc) is 2.40. The van der Waals surface area contributed by atoms with Gasteiger partial charge in [0.25, 0.3) is 0 Å². The maximum Gasteiger partial charge on any atom is 0.159 e. The van der Waals surface area contributed by atoms with Crippen molar-refractivity contribution in [3.05, 3.63) is 65.0 Å². The molecule has 2 nitrogen and oxygen atoms in total. The molecule has 0 aliphatic rings. The lowest BCUT2D eigenvalue weighted by molar-refractivity contribution is 0.208. The Morgan fingerprint density at radius 1 is 1.00 bits per heavy atom. The fourth-order valence-corrected chi connectivity index (χ4v) is 1.81. The third-order valence-corrected chi connectivity index (χ3v) is 2.77. The van der Waals surface area contributed by atoms with Crippen molar-refractivity contribution in [2.24, 2.45) is 0 Å². The van der Waals surface area contributed by atoms with Crippen LogP contribution in [0, 0.1) is 17.5 Å². The van der Waals surface area contributed by atoms with Crippen molar-refractivity contribution < 1.29 is 23.0 Å². The highest BCUT2D eigenvalue weighted by atomic mass is 19.2. The third kappa shape index (κ3) is 2.56. The summed E-state index contributed by atoms with van der Waals surface area (Å²) in [5.41, 5.74) is -0.0710. The van der Waals surface area contributed by atoms with Crippen LogP contribution in [0.3, 0.4) is 0 Å². The number of hydrogen-bond acceptors (Lipinski definition) is 2. The first-order valence-electron chi connectivity index (χ1n) is 5.50. The van der Waals surface area contributed by atoms with Gasteiger partial charge in [-0.1, -0.05) is 12.1 Å². The summed E-state index contributed by atoms with van der Waals surface area (Å²) in [4.78, 5) is 0. The summed E-state index contributed by atoms with van der Waals surface area (Å²) >= 11 is 0. The zero-order valence-electron chi connectivity index (χ0n) is 10.0. The Hall–Kier alpha value is -2.01. The van der Waals surface area contributed by atoms with Gasteiger partial charge in [-0.25, -0.2) is 13.2 Å². The molecule has 2 rings (SSSR count). The molecule has 0 heterocycles. The highest BCUT2D eigenvalue weighted by molar-refractivity contribution is 5.41. The predicted molar refractivity (Wildman–Crippen MR) is 63.4 cm³/mol. The predicted octanol–water partition coefficient (Wildman–Crippen LogP) is 3.19. The summed E-state index contributed by atoms with van der Waals surface area (Å²) in [6, 6.07) is 6.94. The van der Waals surface area contributed by atoms with Crippen molar-refractivity contribution in [2.75, 3.05) is 7.11 Å². The maximum absolute atomic E-state index is 13.7. The normalized spacial score (nSPS) is 12.3. The molecule has 0 aliphatic heterocycles. The van der Waals surface area contributed by atoms with E-state index in [1.54, 1.807) is 0 Å². The Kier molecular flexibility index (Phi) is 3.76. The molecule has 0 fully saturated rings. The summed E-state index contributed by atoms with van der Waals surface area (Å²) in [6.07, 6.45) is -1.44. The molecule has 2 aromatic rings. The zero-order valence-corrected chi connectivity index (χ0v) is 10.0. The van der Waals surface area contributed by atoms with Gasteiger partial charge >= 0.3 is 0 Å². The molecule has 0 amide bonds. The van der Waals surface area contributed by atoms with Gasteiger partial charge in [0.05, 0.1) is 12.7 Å². The second-order valence-electron chi connectivity index (χ2n) is 3.93. The van der Waals surface area contributed by atoms with Crippen molar-refractivity contribution in [1.82, 2.24) is 0 Å². The summed E-state index contributed by atoms with van der Waals surface area (Å²) < 4.78 is 44.7. The Morgan fingerprint density at radius 3 is 2.37 bits per heavy atom. The van der Waals surface area contributed by atoms with Gasteiger partial charge in [-0.3, -0.25) is 0 Å². The van der Waals surface area contributed by atoms with E-state index in [1.807, 2.05) is 0 Å². The van der Waals surface area contributed by atoms with E-state index < -0.39 is 23.6 Å². The average molecular weight is 268 g/mol. The fraction of sp³-hybridized carbons (Fsp3) is 0.143. The molecule has 0 aromatic heterocycles. The molecule has 2 aromatic carbocycles. The Labute approximate surface area is 108 Å². The van der Waals surface area contributed by atoms with E-state index in [-0.39, 0.29) is 16.9 Å². The number of methoxy groups -OCH3 is 1. The fourth-order valence-electron chi connectivity index (χ4n) is 1.81. The van der Waals surface area contributed by atoms with E-state index in [0.29, 0.717) is 0 Å². The topological polar surface area (TPSA) is 29.5 Å². The van der Waals surface area contributed by atoms with Crippen LogP contribution in [0.5, 0.6) is 5.75 Å². The Bertz CT molecular complexity index is 599. The van der Waals surface area contributed by atoms with Crippen molar-refractivity contribution in [2.45, 2.75) is 6.10 Å². The first-order valence-corrected chi connectivity index (χ1v) is 5.50. The number of aliphatic hydroxyl groups excluding tert-OH is 1. The summed E-state index contributed by atoms with van der Waals surface area (Å²) in [5.74, 6) is -2.68. The molecule has 0 saturated heterocycles. The SMILES string of the molecule is COc1cccc(F)c1C(O)c1ccc(F)c(F)c1. The second-order valence-corrected chi connectivity index (χ2v) is 3.93. The van der Waals surface area contributed by atoms with Gasteiger partial charge in [0.1, 0.15) is 17.7 Å². The number of aliphatic hydroxyl groups is 1. The zero-order chi connectivity index (χ0) is 14.0. The number of halogens is 3. The summed E-state index contributed by atoms with van der Waals surface area (Å²) in [5, 5.41) is 10.1. The lowest BCUT2D eigenvalue weighted by Gasteiger charge is -2.16. The molecule has 0 bridgehead atoms. The van der Waals surface area contributed by atoms with E-state index in [9.17, 15) is 18.3 Å². The van der Waals surface area contributed by atoms with Crippen molar-refractivity contribution in [3.63, 3.8) is 0 Å². The minimum absolute atomic E-state index is 0.0438. The summed E-state index contributed by atoms with van der Waals surface area (Å²) in [6.45, 7) is 0. The van der Waals surface area contributed by atoms with Crippen LogP contribution < -0.4 is 4.74 Å². The van der Waals surface area contributed by atoms with E-state index in [1.165, 1.54) is 25.3 Å². The highest BCUT2D eigenvalue weighted by Gasteiger charge is 2.20. The van der Waals surface area contributed by atoms with Crippen molar-refractivity contribution in [3.8, 4) is 5.75 Å². The Balaban J connectivity index is 2.49. The minimum atomic E-state index is -1.44. The van der Waals surface area contributed by atoms with Gasteiger partial charge in [0.15, 0.2) is 11.6 Å². The van der Waals surface area contributed by atoms with Gasteiger partial charge in [-0.15, -0.1) is 0 Å². The maximum atomic E-state index is 13.7. The van der Waals surface area contributed by atoms with Crippen LogP contribution >= 0.6 is 0 Å². The molecular formula is C14H11F3O2. The highest BCUT2D eigenvalue weighted by Crippen LogP contribution is 2.32. The van der Waals surface area contributed by atoms with E-state index in [0.717, 1.165) is 18.2 Å². The van der Waals surface area contributed by atoms with Crippen LogP contribution in [-0.2, 0) is 0 Å². The minimum Gasteiger partial charge on any atom is -0.496 e. The second kappa shape index (κ2) is 5.32. The molecule has 0 spiro atoms. The van der Waals surface area contributed by atoms with Crippen LogP contribution in [-0.4, -0.2) is 12.2 Å². The van der Waals surface area contributed by atoms with Crippen molar-refractivity contribution in [1.29, 1.82) is 0 Å². The van der Waals surface area contributed by atoms with Gasteiger partial charge in [0, 0.05) is 0 Å². The number of ether oxygens (including phenoxy) is 1. The van der Waals surface area contributed by atoms with Crippen LogP contribution in [0.25, 0.3) is 0 Å². The lowest BCUT2D eigenvalue weighted by Crippen LogP contribution is -2.06. The number of hydrogen-bond donors (Lipinski definition) is 1. The molecule has 100 valence electrons. The molecule has 1 unspecified atom stereocenters. The number of rotatable bonds is 3. The van der Waals surface area contributed by atoms with E-state index >= 15 is 0 Å². The number of benzene rings is 2. The molecule has 0 aliphatic carbocycles. The molecule has 0 radical (unpaired) electrons. The van der Waals surface area contributed by atoms with Crippen molar-refractivity contribution >= 4 is 0 Å². The summed E-state index contributed by atoms with van der Waals surface area (Å²) in [7, 11) is 1.33. The molecule has 19 heavy (non-hydrogen) atoms. The lowest BCUT2D eigenvalue weighted by atomic mass is 10.00. The van der Waals surface area contributed by atoms with Gasteiger partial charge < -0.3 is 9.84 Å². The largest absolute Gasteiger partial charge is 0.496 e. The van der Waals surface area contributed by atoms with Crippen LogP contribution in [0.2, 0.25) is 0 Å². The van der Waals surface area contributed by atoms with Crippen LogP contribution in [0.4, 0.5) is 13.2 Å². The van der Waals surface area contributed by atoms with Crippen LogP contribution in [0.1, 0.15) is 17.2 Å².